The minimum Gasteiger partial charge on any atom is -0.334 e. The van der Waals surface area contributed by atoms with Crippen LogP contribution in [-0.4, -0.2) is 36.1 Å². The van der Waals surface area contributed by atoms with Gasteiger partial charge in [0.15, 0.2) is 0 Å². The quantitative estimate of drug-likeness (QED) is 0.894. The first kappa shape index (κ1) is 16.1. The van der Waals surface area contributed by atoms with Crippen molar-refractivity contribution in [2.45, 2.75) is 38.0 Å². The zero-order valence-electron chi connectivity index (χ0n) is 12.9. The molecule has 2 atom stereocenters. The molecule has 2 fully saturated rings. The number of carbonyl (C=O) groups is 1. The second kappa shape index (κ2) is 6.03. The van der Waals surface area contributed by atoms with Gasteiger partial charge in [0.05, 0.1) is 11.3 Å². The molecule has 0 radical (unpaired) electrons. The van der Waals surface area contributed by atoms with Crippen molar-refractivity contribution in [3.8, 4) is 0 Å². The molecular weight excluding hydrogens is 307 g/mol. The Kier molecular flexibility index (Phi) is 4.23. The summed E-state index contributed by atoms with van der Waals surface area (Å²) in [5.41, 5.74) is -1.06. The first-order valence-corrected chi connectivity index (χ1v) is 7.82. The minimum absolute atomic E-state index is 0.0337. The predicted octanol–water partition coefficient (Wildman–Crippen LogP) is 3.31. The van der Waals surface area contributed by atoms with E-state index in [9.17, 15) is 18.0 Å². The standard InChI is InChI=1S/C16H20F3N3O/c1-10-8-22(11-6-7-11)9-14(10)21-15(23)20-13-5-3-2-4-12(13)16(17,18)19/h2-5,10-11,14H,6-9H2,1H3,(H2,20,21,23)/t10-,14-/m0/s1. The van der Waals surface area contributed by atoms with E-state index in [1.807, 2.05) is 0 Å². The second-order valence-electron chi connectivity index (χ2n) is 6.41. The summed E-state index contributed by atoms with van der Waals surface area (Å²) in [6.45, 7) is 3.74. The number of anilines is 1. The van der Waals surface area contributed by atoms with Crippen molar-refractivity contribution < 1.29 is 18.0 Å². The number of nitrogens with zero attached hydrogens (tertiary/aromatic N) is 1. The first-order chi connectivity index (χ1) is 10.8. The summed E-state index contributed by atoms with van der Waals surface area (Å²) in [7, 11) is 0. The van der Waals surface area contributed by atoms with Crippen LogP contribution in [0.15, 0.2) is 24.3 Å². The summed E-state index contributed by atoms with van der Waals surface area (Å²) >= 11 is 0. The van der Waals surface area contributed by atoms with Crippen molar-refractivity contribution in [1.82, 2.24) is 10.2 Å². The summed E-state index contributed by atoms with van der Waals surface area (Å²) in [6.07, 6.45) is -2.09. The summed E-state index contributed by atoms with van der Waals surface area (Å²) < 4.78 is 38.8. The van der Waals surface area contributed by atoms with Crippen molar-refractivity contribution in [3.05, 3.63) is 29.8 Å². The van der Waals surface area contributed by atoms with Gasteiger partial charge in [-0.2, -0.15) is 13.2 Å². The summed E-state index contributed by atoms with van der Waals surface area (Å²) in [4.78, 5) is 14.4. The van der Waals surface area contributed by atoms with Gasteiger partial charge in [-0.3, -0.25) is 4.90 Å². The molecule has 1 aromatic rings. The molecule has 4 nitrogen and oxygen atoms in total. The van der Waals surface area contributed by atoms with Gasteiger partial charge >= 0.3 is 12.2 Å². The minimum atomic E-state index is -4.49. The lowest BCUT2D eigenvalue weighted by atomic mass is 10.1. The summed E-state index contributed by atoms with van der Waals surface area (Å²) in [5, 5.41) is 5.14. The topological polar surface area (TPSA) is 44.4 Å². The zero-order valence-corrected chi connectivity index (χ0v) is 12.9. The smallest absolute Gasteiger partial charge is 0.334 e. The molecule has 2 amide bonds. The van der Waals surface area contributed by atoms with Crippen molar-refractivity contribution >= 4 is 11.7 Å². The van der Waals surface area contributed by atoms with Crippen LogP contribution in [0, 0.1) is 5.92 Å². The number of nitrogens with one attached hydrogen (secondary N) is 2. The fraction of sp³-hybridized carbons (Fsp3) is 0.562. The SMILES string of the molecule is C[C@H]1CN(C2CC2)C[C@@H]1NC(=O)Nc1ccccc1C(F)(F)F. The molecule has 1 saturated carbocycles. The molecule has 0 aromatic heterocycles. The number of likely N-dealkylation sites (tertiary alicyclic amines) is 1. The highest BCUT2D eigenvalue weighted by atomic mass is 19.4. The molecule has 1 heterocycles. The van der Waals surface area contributed by atoms with E-state index >= 15 is 0 Å². The molecule has 1 aliphatic heterocycles. The third-order valence-corrected chi connectivity index (χ3v) is 4.50. The number of benzene rings is 1. The number of halogens is 3. The molecule has 0 unspecified atom stereocenters. The maximum atomic E-state index is 12.9. The van der Waals surface area contributed by atoms with Crippen molar-refractivity contribution in [2.24, 2.45) is 5.92 Å². The van der Waals surface area contributed by atoms with Crippen LogP contribution >= 0.6 is 0 Å². The van der Waals surface area contributed by atoms with Crippen LogP contribution in [0.1, 0.15) is 25.3 Å². The van der Waals surface area contributed by atoms with Crippen molar-refractivity contribution in [2.75, 3.05) is 18.4 Å². The third-order valence-electron chi connectivity index (χ3n) is 4.50. The van der Waals surface area contributed by atoms with E-state index < -0.39 is 17.8 Å². The lowest BCUT2D eigenvalue weighted by Crippen LogP contribution is -2.42. The van der Waals surface area contributed by atoms with Gasteiger partial charge in [-0.15, -0.1) is 0 Å². The Morgan fingerprint density at radius 2 is 1.91 bits per heavy atom. The number of hydrogen-bond donors (Lipinski definition) is 2. The maximum Gasteiger partial charge on any atom is 0.418 e. The highest BCUT2D eigenvalue weighted by molar-refractivity contribution is 5.90. The highest BCUT2D eigenvalue weighted by Crippen LogP contribution is 2.35. The fourth-order valence-electron chi connectivity index (χ4n) is 3.10. The molecule has 126 valence electrons. The van der Waals surface area contributed by atoms with Crippen LogP contribution in [0.3, 0.4) is 0 Å². The maximum absolute atomic E-state index is 12.9. The molecule has 0 spiro atoms. The number of para-hydroxylation sites is 1. The molecule has 0 bridgehead atoms. The van der Waals surface area contributed by atoms with E-state index in [1.165, 1.54) is 31.0 Å². The lowest BCUT2D eigenvalue weighted by Gasteiger charge is -2.19. The number of rotatable bonds is 3. The number of alkyl halides is 3. The molecule has 7 heteroatoms. The van der Waals surface area contributed by atoms with Gasteiger partial charge in [0.2, 0.25) is 0 Å². The number of urea groups is 1. The van der Waals surface area contributed by atoms with Gasteiger partial charge in [0.1, 0.15) is 0 Å². The molecule has 2 N–H and O–H groups in total. The Morgan fingerprint density at radius 1 is 1.22 bits per heavy atom. The molecule has 1 aromatic carbocycles. The Hall–Kier alpha value is -1.76. The molecule has 1 saturated heterocycles. The molecular formula is C16H20F3N3O. The normalized spacial score (nSPS) is 25.4. The van der Waals surface area contributed by atoms with Gasteiger partial charge in [0.25, 0.3) is 0 Å². The van der Waals surface area contributed by atoms with Crippen LogP contribution in [0.25, 0.3) is 0 Å². The van der Waals surface area contributed by atoms with E-state index in [2.05, 4.69) is 22.5 Å². The van der Waals surface area contributed by atoms with Crippen molar-refractivity contribution in [3.63, 3.8) is 0 Å². The van der Waals surface area contributed by atoms with Crippen LogP contribution < -0.4 is 10.6 Å². The monoisotopic (exact) mass is 327 g/mol. The van der Waals surface area contributed by atoms with Crippen LogP contribution in [0.2, 0.25) is 0 Å². The average molecular weight is 327 g/mol. The van der Waals surface area contributed by atoms with E-state index in [4.69, 9.17) is 0 Å². The lowest BCUT2D eigenvalue weighted by molar-refractivity contribution is -0.136. The van der Waals surface area contributed by atoms with Gasteiger partial charge in [-0.1, -0.05) is 19.1 Å². The number of hydrogen-bond acceptors (Lipinski definition) is 2. The third kappa shape index (κ3) is 3.77. The van der Waals surface area contributed by atoms with Gasteiger partial charge < -0.3 is 10.6 Å². The summed E-state index contributed by atoms with van der Waals surface area (Å²) in [5.74, 6) is 0.291. The number of carbonyl (C=O) groups excluding carboxylic acids is 1. The van der Waals surface area contributed by atoms with Crippen LogP contribution in [0.4, 0.5) is 23.7 Å². The fourth-order valence-corrected chi connectivity index (χ4v) is 3.10. The molecule has 2 aliphatic rings. The van der Waals surface area contributed by atoms with E-state index in [0.717, 1.165) is 19.2 Å². The highest BCUT2D eigenvalue weighted by Gasteiger charge is 2.39. The molecule has 23 heavy (non-hydrogen) atoms. The van der Waals surface area contributed by atoms with E-state index in [0.29, 0.717) is 12.0 Å². The van der Waals surface area contributed by atoms with Gasteiger partial charge in [-0.05, 0) is 30.9 Å². The zero-order chi connectivity index (χ0) is 16.6. The predicted molar refractivity (Wildman–Crippen MR) is 81.1 cm³/mol. The van der Waals surface area contributed by atoms with Crippen molar-refractivity contribution in [1.29, 1.82) is 0 Å². The van der Waals surface area contributed by atoms with E-state index in [-0.39, 0.29) is 11.7 Å². The average Bonchev–Trinajstić information content (AvgIpc) is 3.24. The van der Waals surface area contributed by atoms with Crippen LogP contribution in [0.5, 0.6) is 0 Å². The van der Waals surface area contributed by atoms with E-state index in [1.54, 1.807) is 0 Å². The Balaban J connectivity index is 1.62. The molecule has 3 rings (SSSR count). The Labute approximate surface area is 133 Å². The first-order valence-electron chi connectivity index (χ1n) is 7.82. The Morgan fingerprint density at radius 3 is 2.57 bits per heavy atom. The largest absolute Gasteiger partial charge is 0.418 e. The molecule has 1 aliphatic carbocycles. The number of amides is 2. The summed E-state index contributed by atoms with van der Waals surface area (Å²) in [6, 6.07) is 5.00. The van der Waals surface area contributed by atoms with Gasteiger partial charge in [0, 0.05) is 25.2 Å². The van der Waals surface area contributed by atoms with Gasteiger partial charge in [-0.25, -0.2) is 4.79 Å². The van der Waals surface area contributed by atoms with Crippen LogP contribution in [-0.2, 0) is 6.18 Å². The second-order valence-corrected chi connectivity index (χ2v) is 6.41. The Bertz CT molecular complexity index is 586.